The number of thioether (sulfide) groups is 1. The Balaban J connectivity index is 1.73. The maximum Gasteiger partial charge on any atom is 0.262 e. The lowest BCUT2D eigenvalue weighted by molar-refractivity contribution is 0.727. The minimum Gasteiger partial charge on any atom is -0.309 e. The van der Waals surface area contributed by atoms with E-state index in [0.29, 0.717) is 33.0 Å². The van der Waals surface area contributed by atoms with Crippen molar-refractivity contribution < 1.29 is 0 Å². The first-order chi connectivity index (χ1) is 12.9. The Morgan fingerprint density at radius 3 is 2.74 bits per heavy atom. The molecule has 138 valence electrons. The Labute approximate surface area is 163 Å². The maximum absolute atomic E-state index is 12.7. The van der Waals surface area contributed by atoms with Gasteiger partial charge < -0.3 is 4.98 Å². The molecule has 8 heteroatoms. The summed E-state index contributed by atoms with van der Waals surface area (Å²) in [6.07, 6.45) is 0. The summed E-state index contributed by atoms with van der Waals surface area (Å²) in [6.45, 7) is 5.89. The molecule has 3 heterocycles. The van der Waals surface area contributed by atoms with Crippen LogP contribution in [0.3, 0.4) is 0 Å². The standard InChI is InChI=1S/C19H18N4O2S2/c1-9-6-5-7-12-15(9)20-13(21-16(12)24)8-26-19-22-17-14(18(25)23(19)4)10(2)11(3)27-17/h5-7H,8H2,1-4H3,(H,20,21,24). The van der Waals surface area contributed by atoms with Crippen LogP contribution in [0.2, 0.25) is 0 Å². The molecule has 3 aromatic heterocycles. The van der Waals surface area contributed by atoms with Gasteiger partial charge in [0, 0.05) is 11.9 Å². The van der Waals surface area contributed by atoms with Crippen LogP contribution in [0.4, 0.5) is 0 Å². The van der Waals surface area contributed by atoms with E-state index in [1.54, 1.807) is 17.7 Å². The molecule has 0 fully saturated rings. The van der Waals surface area contributed by atoms with Crippen LogP contribution >= 0.6 is 23.1 Å². The SMILES string of the molecule is Cc1sc2nc(SCc3nc4c(C)cccc4c(=O)[nH]3)n(C)c(=O)c2c1C. The van der Waals surface area contributed by atoms with Crippen LogP contribution in [0.15, 0.2) is 32.9 Å². The van der Waals surface area contributed by atoms with Crippen molar-refractivity contribution in [3.63, 3.8) is 0 Å². The number of hydrogen-bond donors (Lipinski definition) is 1. The van der Waals surface area contributed by atoms with Gasteiger partial charge in [0.25, 0.3) is 11.1 Å². The molecule has 0 radical (unpaired) electrons. The number of aromatic nitrogens is 4. The molecule has 0 bridgehead atoms. The molecule has 0 aliphatic carbocycles. The predicted octanol–water partition coefficient (Wildman–Crippen LogP) is 3.45. The van der Waals surface area contributed by atoms with Gasteiger partial charge in [0.05, 0.1) is 22.0 Å². The number of thiophene rings is 1. The molecular formula is C19H18N4O2S2. The lowest BCUT2D eigenvalue weighted by Gasteiger charge is -2.08. The van der Waals surface area contributed by atoms with Crippen molar-refractivity contribution in [2.24, 2.45) is 7.05 Å². The largest absolute Gasteiger partial charge is 0.309 e. The molecule has 6 nitrogen and oxygen atoms in total. The number of rotatable bonds is 3. The van der Waals surface area contributed by atoms with Crippen LogP contribution in [-0.2, 0) is 12.8 Å². The molecule has 4 aromatic rings. The number of hydrogen-bond acceptors (Lipinski definition) is 6. The third kappa shape index (κ3) is 2.98. The highest BCUT2D eigenvalue weighted by molar-refractivity contribution is 7.98. The van der Waals surface area contributed by atoms with Gasteiger partial charge in [-0.25, -0.2) is 9.97 Å². The van der Waals surface area contributed by atoms with Gasteiger partial charge >= 0.3 is 0 Å². The Bertz CT molecular complexity index is 1320. The van der Waals surface area contributed by atoms with E-state index in [4.69, 9.17) is 0 Å². The predicted molar refractivity (Wildman–Crippen MR) is 111 cm³/mol. The lowest BCUT2D eigenvalue weighted by Crippen LogP contribution is -2.20. The third-order valence-corrected chi connectivity index (χ3v) is 6.84. The highest BCUT2D eigenvalue weighted by Gasteiger charge is 2.15. The van der Waals surface area contributed by atoms with Crippen LogP contribution in [-0.4, -0.2) is 19.5 Å². The van der Waals surface area contributed by atoms with E-state index in [1.807, 2.05) is 32.9 Å². The number of para-hydroxylation sites is 1. The summed E-state index contributed by atoms with van der Waals surface area (Å²) in [5, 5.41) is 1.89. The van der Waals surface area contributed by atoms with Gasteiger partial charge in [0.15, 0.2) is 5.16 Å². The average molecular weight is 399 g/mol. The Morgan fingerprint density at radius 1 is 1.19 bits per heavy atom. The number of benzene rings is 1. The average Bonchev–Trinajstić information content (AvgIpc) is 2.92. The minimum atomic E-state index is -0.152. The van der Waals surface area contributed by atoms with Crippen molar-refractivity contribution in [2.75, 3.05) is 0 Å². The zero-order valence-corrected chi connectivity index (χ0v) is 17.0. The van der Waals surface area contributed by atoms with Crippen molar-refractivity contribution >= 4 is 44.2 Å². The van der Waals surface area contributed by atoms with Crippen LogP contribution in [0.25, 0.3) is 21.1 Å². The first-order valence-corrected chi connectivity index (χ1v) is 10.2. The zero-order valence-electron chi connectivity index (χ0n) is 15.4. The molecule has 0 unspecified atom stereocenters. The number of aromatic amines is 1. The van der Waals surface area contributed by atoms with Crippen LogP contribution in [0.1, 0.15) is 21.8 Å². The molecule has 1 aromatic carbocycles. The van der Waals surface area contributed by atoms with Crippen molar-refractivity contribution in [1.29, 1.82) is 0 Å². The quantitative estimate of drug-likeness (QED) is 0.422. The number of aryl methyl sites for hydroxylation is 3. The summed E-state index contributed by atoms with van der Waals surface area (Å²) < 4.78 is 1.57. The van der Waals surface area contributed by atoms with Crippen molar-refractivity contribution in [3.05, 3.63) is 60.7 Å². The molecule has 0 spiro atoms. The fourth-order valence-electron chi connectivity index (χ4n) is 3.04. The molecule has 0 atom stereocenters. The topological polar surface area (TPSA) is 80.6 Å². The second-order valence-corrected chi connectivity index (χ2v) is 8.64. The summed E-state index contributed by atoms with van der Waals surface area (Å²) >= 11 is 2.93. The molecule has 4 rings (SSSR count). The third-order valence-electron chi connectivity index (χ3n) is 4.69. The van der Waals surface area contributed by atoms with Crippen LogP contribution < -0.4 is 11.1 Å². The first-order valence-electron chi connectivity index (χ1n) is 8.45. The molecule has 0 saturated carbocycles. The highest BCUT2D eigenvalue weighted by Crippen LogP contribution is 2.28. The lowest BCUT2D eigenvalue weighted by atomic mass is 10.1. The summed E-state index contributed by atoms with van der Waals surface area (Å²) in [6, 6.07) is 5.56. The fourth-order valence-corrected chi connectivity index (χ4v) is 4.95. The van der Waals surface area contributed by atoms with Crippen LogP contribution in [0.5, 0.6) is 0 Å². The molecule has 0 aliphatic heterocycles. The first kappa shape index (κ1) is 17.9. The summed E-state index contributed by atoms with van der Waals surface area (Å²) in [4.78, 5) is 39.0. The summed E-state index contributed by atoms with van der Waals surface area (Å²) in [5.41, 5.74) is 2.47. The number of H-pyrrole nitrogens is 1. The van der Waals surface area contributed by atoms with E-state index in [2.05, 4.69) is 15.0 Å². The number of nitrogens with one attached hydrogen (secondary N) is 1. The maximum atomic E-state index is 12.7. The zero-order chi connectivity index (χ0) is 19.3. The van der Waals surface area contributed by atoms with Crippen molar-refractivity contribution in [1.82, 2.24) is 19.5 Å². The van der Waals surface area contributed by atoms with E-state index >= 15 is 0 Å². The van der Waals surface area contributed by atoms with Crippen molar-refractivity contribution in [2.45, 2.75) is 31.7 Å². The van der Waals surface area contributed by atoms with Gasteiger partial charge in [0.2, 0.25) is 0 Å². The molecule has 0 amide bonds. The monoisotopic (exact) mass is 398 g/mol. The second-order valence-electron chi connectivity index (χ2n) is 6.49. The second kappa shape index (κ2) is 6.61. The number of fused-ring (bicyclic) bond motifs is 2. The summed E-state index contributed by atoms with van der Waals surface area (Å²) in [7, 11) is 1.73. The van der Waals surface area contributed by atoms with Gasteiger partial charge in [0.1, 0.15) is 10.7 Å². The normalized spacial score (nSPS) is 11.6. The van der Waals surface area contributed by atoms with E-state index in [-0.39, 0.29) is 11.1 Å². The van der Waals surface area contributed by atoms with Crippen molar-refractivity contribution in [3.8, 4) is 0 Å². The van der Waals surface area contributed by atoms with E-state index in [9.17, 15) is 9.59 Å². The minimum absolute atomic E-state index is 0.0415. The van der Waals surface area contributed by atoms with Gasteiger partial charge in [-0.05, 0) is 38.0 Å². The van der Waals surface area contributed by atoms with Gasteiger partial charge in [-0.3, -0.25) is 14.2 Å². The summed E-state index contributed by atoms with van der Waals surface area (Å²) in [5.74, 6) is 0.994. The Hall–Kier alpha value is -2.45. The molecule has 0 saturated heterocycles. The van der Waals surface area contributed by atoms with Gasteiger partial charge in [-0.2, -0.15) is 0 Å². The van der Waals surface area contributed by atoms with E-state index in [1.165, 1.54) is 23.1 Å². The number of nitrogens with zero attached hydrogens (tertiary/aromatic N) is 3. The molecule has 0 aliphatic rings. The Morgan fingerprint density at radius 2 is 1.96 bits per heavy atom. The molecule has 1 N–H and O–H groups in total. The highest BCUT2D eigenvalue weighted by atomic mass is 32.2. The molecular weight excluding hydrogens is 380 g/mol. The Kier molecular flexibility index (Phi) is 4.39. The fraction of sp³-hybridized carbons (Fsp3) is 0.263. The molecule has 27 heavy (non-hydrogen) atoms. The smallest absolute Gasteiger partial charge is 0.262 e. The van der Waals surface area contributed by atoms with E-state index in [0.717, 1.165) is 20.8 Å². The van der Waals surface area contributed by atoms with Gasteiger partial charge in [-0.15, -0.1) is 11.3 Å². The van der Waals surface area contributed by atoms with Crippen LogP contribution in [0, 0.1) is 20.8 Å². The van der Waals surface area contributed by atoms with Gasteiger partial charge in [-0.1, -0.05) is 23.9 Å². The van der Waals surface area contributed by atoms with E-state index < -0.39 is 0 Å².